The lowest BCUT2D eigenvalue weighted by Gasteiger charge is -2.04. The molecule has 2 aromatic carbocycles. The number of amides is 1. The van der Waals surface area contributed by atoms with Crippen LogP contribution in [-0.2, 0) is 20.7 Å². The predicted octanol–water partition coefficient (Wildman–Crippen LogP) is 3.51. The Morgan fingerprint density at radius 1 is 1.11 bits per heavy atom. The fourth-order valence-corrected chi connectivity index (χ4v) is 2.33. The standard InChI is InChI=1S/C20H17FN2O4/c1-13-2-6-15(7-3-13)17-11-19(27-23-17)22-18(24)12-26-20(25)10-14-4-8-16(21)9-5-14/h2-9,11H,10,12H2,1H3,(H,22,24). The fraction of sp³-hybridized carbons (Fsp3) is 0.150. The Labute approximate surface area is 154 Å². The molecule has 6 nitrogen and oxygen atoms in total. The number of aryl methyl sites for hydroxylation is 1. The van der Waals surface area contributed by atoms with Crippen molar-refractivity contribution in [3.05, 3.63) is 71.5 Å². The maximum Gasteiger partial charge on any atom is 0.310 e. The highest BCUT2D eigenvalue weighted by atomic mass is 19.1. The van der Waals surface area contributed by atoms with Gasteiger partial charge < -0.3 is 9.26 Å². The van der Waals surface area contributed by atoms with Gasteiger partial charge in [0.05, 0.1) is 6.42 Å². The minimum atomic E-state index is -0.588. The number of ether oxygens (including phenoxy) is 1. The first-order chi connectivity index (χ1) is 13.0. The lowest BCUT2D eigenvalue weighted by atomic mass is 10.1. The first-order valence-electron chi connectivity index (χ1n) is 8.23. The zero-order valence-electron chi connectivity index (χ0n) is 14.6. The van der Waals surface area contributed by atoms with E-state index in [4.69, 9.17) is 9.26 Å². The number of anilines is 1. The summed E-state index contributed by atoms with van der Waals surface area (Å²) in [4.78, 5) is 23.6. The van der Waals surface area contributed by atoms with E-state index in [0.29, 0.717) is 11.3 Å². The number of rotatable bonds is 6. The molecule has 1 aromatic heterocycles. The highest BCUT2D eigenvalue weighted by molar-refractivity contribution is 5.92. The monoisotopic (exact) mass is 368 g/mol. The van der Waals surface area contributed by atoms with Crippen molar-refractivity contribution in [3.8, 4) is 11.3 Å². The number of carbonyl (C=O) groups is 2. The van der Waals surface area contributed by atoms with Gasteiger partial charge in [0.2, 0.25) is 5.88 Å². The van der Waals surface area contributed by atoms with Gasteiger partial charge in [-0.2, -0.15) is 0 Å². The summed E-state index contributed by atoms with van der Waals surface area (Å²) in [6.07, 6.45) is -0.0482. The molecule has 0 unspecified atom stereocenters. The molecule has 1 amide bonds. The molecule has 0 atom stereocenters. The van der Waals surface area contributed by atoms with Crippen LogP contribution in [0.5, 0.6) is 0 Å². The number of hydrogen-bond acceptors (Lipinski definition) is 5. The molecule has 0 bridgehead atoms. The molecule has 1 heterocycles. The number of nitrogens with zero attached hydrogens (tertiary/aromatic N) is 1. The molecule has 0 aliphatic heterocycles. The summed E-state index contributed by atoms with van der Waals surface area (Å²) >= 11 is 0. The first kappa shape index (κ1) is 18.3. The quantitative estimate of drug-likeness (QED) is 0.674. The van der Waals surface area contributed by atoms with Crippen molar-refractivity contribution in [2.75, 3.05) is 11.9 Å². The van der Waals surface area contributed by atoms with Crippen LogP contribution in [0.3, 0.4) is 0 Å². The summed E-state index contributed by atoms with van der Waals surface area (Å²) in [7, 11) is 0. The van der Waals surface area contributed by atoms with E-state index in [1.54, 1.807) is 6.07 Å². The Kier molecular flexibility index (Phi) is 5.61. The largest absolute Gasteiger partial charge is 0.455 e. The van der Waals surface area contributed by atoms with Crippen molar-refractivity contribution in [1.82, 2.24) is 5.16 Å². The summed E-state index contributed by atoms with van der Waals surface area (Å²) in [5.74, 6) is -1.36. The first-order valence-corrected chi connectivity index (χ1v) is 8.23. The number of halogens is 1. The molecule has 3 aromatic rings. The van der Waals surface area contributed by atoms with Crippen molar-refractivity contribution < 1.29 is 23.2 Å². The summed E-state index contributed by atoms with van der Waals surface area (Å²) in [5, 5.41) is 6.37. The molecule has 7 heteroatoms. The van der Waals surface area contributed by atoms with Crippen LogP contribution < -0.4 is 5.32 Å². The molecular formula is C20H17FN2O4. The Morgan fingerprint density at radius 3 is 2.52 bits per heavy atom. The third-order valence-electron chi connectivity index (χ3n) is 3.75. The lowest BCUT2D eigenvalue weighted by molar-refractivity contribution is -0.146. The third kappa shape index (κ3) is 5.24. The van der Waals surface area contributed by atoms with Crippen LogP contribution in [0.2, 0.25) is 0 Å². The highest BCUT2D eigenvalue weighted by Gasteiger charge is 2.12. The molecule has 0 aliphatic carbocycles. The maximum absolute atomic E-state index is 12.8. The number of esters is 1. The van der Waals surface area contributed by atoms with Crippen LogP contribution in [0.15, 0.2) is 59.1 Å². The number of carbonyl (C=O) groups excluding carboxylic acids is 2. The van der Waals surface area contributed by atoms with Crippen molar-refractivity contribution >= 4 is 17.8 Å². The van der Waals surface area contributed by atoms with E-state index in [1.165, 1.54) is 24.3 Å². The van der Waals surface area contributed by atoms with Crippen LogP contribution >= 0.6 is 0 Å². The molecule has 0 aliphatic rings. The summed E-state index contributed by atoms with van der Waals surface area (Å²) in [6, 6.07) is 14.8. The van der Waals surface area contributed by atoms with E-state index >= 15 is 0 Å². The van der Waals surface area contributed by atoms with Crippen molar-refractivity contribution in [3.63, 3.8) is 0 Å². The number of nitrogens with one attached hydrogen (secondary N) is 1. The molecule has 0 saturated carbocycles. The van der Waals surface area contributed by atoms with E-state index < -0.39 is 18.5 Å². The molecule has 0 saturated heterocycles. The van der Waals surface area contributed by atoms with Crippen LogP contribution in [0, 0.1) is 12.7 Å². The molecular weight excluding hydrogens is 351 g/mol. The second-order valence-corrected chi connectivity index (χ2v) is 5.95. The van der Waals surface area contributed by atoms with Crippen LogP contribution in [-0.4, -0.2) is 23.6 Å². The Balaban J connectivity index is 1.48. The number of hydrogen-bond donors (Lipinski definition) is 1. The lowest BCUT2D eigenvalue weighted by Crippen LogP contribution is -2.21. The molecule has 0 radical (unpaired) electrons. The van der Waals surface area contributed by atoms with E-state index in [9.17, 15) is 14.0 Å². The van der Waals surface area contributed by atoms with Crippen LogP contribution in [0.4, 0.5) is 10.3 Å². The summed E-state index contributed by atoms with van der Waals surface area (Å²) < 4.78 is 22.8. The van der Waals surface area contributed by atoms with Gasteiger partial charge in [0.15, 0.2) is 6.61 Å². The molecule has 27 heavy (non-hydrogen) atoms. The Morgan fingerprint density at radius 2 is 1.81 bits per heavy atom. The van der Waals surface area contributed by atoms with Gasteiger partial charge in [-0.05, 0) is 24.6 Å². The minimum absolute atomic E-state index is 0.0482. The van der Waals surface area contributed by atoms with Gasteiger partial charge in [0.25, 0.3) is 5.91 Å². The molecule has 0 fully saturated rings. The van der Waals surface area contributed by atoms with E-state index in [2.05, 4.69) is 10.5 Å². The minimum Gasteiger partial charge on any atom is -0.455 e. The smallest absolute Gasteiger partial charge is 0.310 e. The Bertz CT molecular complexity index is 933. The van der Waals surface area contributed by atoms with Crippen molar-refractivity contribution in [2.45, 2.75) is 13.3 Å². The molecule has 3 rings (SSSR count). The van der Waals surface area contributed by atoms with E-state index in [0.717, 1.165) is 11.1 Å². The van der Waals surface area contributed by atoms with Gasteiger partial charge in [-0.1, -0.05) is 47.1 Å². The zero-order valence-corrected chi connectivity index (χ0v) is 14.6. The number of aromatic nitrogens is 1. The van der Waals surface area contributed by atoms with Gasteiger partial charge in [-0.15, -0.1) is 0 Å². The van der Waals surface area contributed by atoms with Crippen molar-refractivity contribution in [1.29, 1.82) is 0 Å². The van der Waals surface area contributed by atoms with Gasteiger partial charge in [-0.25, -0.2) is 4.39 Å². The van der Waals surface area contributed by atoms with E-state index in [-0.39, 0.29) is 18.1 Å². The van der Waals surface area contributed by atoms with Crippen molar-refractivity contribution in [2.24, 2.45) is 0 Å². The van der Waals surface area contributed by atoms with E-state index in [1.807, 2.05) is 31.2 Å². The molecule has 138 valence electrons. The summed E-state index contributed by atoms with van der Waals surface area (Å²) in [6.45, 7) is 1.52. The van der Waals surface area contributed by atoms with Crippen LogP contribution in [0.1, 0.15) is 11.1 Å². The average Bonchev–Trinajstić information content (AvgIpc) is 3.11. The molecule has 0 spiro atoms. The molecule has 1 N–H and O–H groups in total. The number of benzene rings is 2. The van der Waals surface area contributed by atoms with Gasteiger partial charge in [-0.3, -0.25) is 14.9 Å². The van der Waals surface area contributed by atoms with Gasteiger partial charge in [0, 0.05) is 11.6 Å². The fourth-order valence-electron chi connectivity index (χ4n) is 2.33. The second kappa shape index (κ2) is 8.27. The predicted molar refractivity (Wildman–Crippen MR) is 96.4 cm³/mol. The topological polar surface area (TPSA) is 81.4 Å². The third-order valence-corrected chi connectivity index (χ3v) is 3.75. The highest BCUT2D eigenvalue weighted by Crippen LogP contribution is 2.21. The maximum atomic E-state index is 12.8. The zero-order chi connectivity index (χ0) is 19.2. The second-order valence-electron chi connectivity index (χ2n) is 5.95. The van der Waals surface area contributed by atoms with Gasteiger partial charge >= 0.3 is 5.97 Å². The average molecular weight is 368 g/mol. The summed E-state index contributed by atoms with van der Waals surface area (Å²) in [5.41, 5.74) is 3.16. The Hall–Kier alpha value is -3.48. The van der Waals surface area contributed by atoms with Gasteiger partial charge in [0.1, 0.15) is 11.5 Å². The SMILES string of the molecule is Cc1ccc(-c2cc(NC(=O)COC(=O)Cc3ccc(F)cc3)on2)cc1. The van der Waals surface area contributed by atoms with Crippen LogP contribution in [0.25, 0.3) is 11.3 Å². The normalized spacial score (nSPS) is 10.4.